The molecule has 0 amide bonds. The molecule has 0 aliphatic rings. The molecular formula is C21H18O. The van der Waals surface area contributed by atoms with E-state index < -0.39 is 0 Å². The van der Waals surface area contributed by atoms with E-state index in [0.29, 0.717) is 5.92 Å². The highest BCUT2D eigenvalue weighted by Crippen LogP contribution is 2.32. The second-order valence-electron chi connectivity index (χ2n) is 6.09. The Morgan fingerprint density at radius 1 is 0.682 bits per heavy atom. The number of fused-ring (bicyclic) bond motifs is 3. The minimum atomic E-state index is 0.540. The standard InChI is InChI=1S/C21H18O/c1-14(2)15-6-5-7-16(12-15)17-10-11-21-19(13-17)18-8-3-4-9-20(18)22-21/h3-14H,1-2H3. The summed E-state index contributed by atoms with van der Waals surface area (Å²) in [5.74, 6) is 0.540. The molecule has 0 saturated carbocycles. The van der Waals surface area contributed by atoms with Gasteiger partial charge in [-0.25, -0.2) is 0 Å². The van der Waals surface area contributed by atoms with Crippen LogP contribution in [0.2, 0.25) is 0 Å². The molecule has 1 nitrogen and oxygen atoms in total. The Morgan fingerprint density at radius 2 is 1.45 bits per heavy atom. The van der Waals surface area contributed by atoms with Gasteiger partial charge in [0.05, 0.1) is 0 Å². The lowest BCUT2D eigenvalue weighted by Gasteiger charge is -2.08. The van der Waals surface area contributed by atoms with Crippen molar-refractivity contribution in [2.45, 2.75) is 19.8 Å². The molecule has 4 rings (SSSR count). The Labute approximate surface area is 130 Å². The fourth-order valence-corrected chi connectivity index (χ4v) is 2.98. The normalized spacial score (nSPS) is 11.6. The molecule has 3 aromatic carbocycles. The van der Waals surface area contributed by atoms with E-state index in [1.807, 2.05) is 12.1 Å². The Balaban J connectivity index is 1.92. The van der Waals surface area contributed by atoms with Crippen molar-refractivity contribution in [2.24, 2.45) is 0 Å². The Bertz CT molecular complexity index is 960. The molecule has 0 aliphatic heterocycles. The molecule has 0 spiro atoms. The summed E-state index contributed by atoms with van der Waals surface area (Å²) in [6.45, 7) is 4.46. The Morgan fingerprint density at radius 3 is 2.32 bits per heavy atom. The minimum Gasteiger partial charge on any atom is -0.456 e. The van der Waals surface area contributed by atoms with E-state index in [4.69, 9.17) is 4.42 Å². The van der Waals surface area contributed by atoms with Gasteiger partial charge in [-0.1, -0.05) is 62.4 Å². The molecule has 1 aromatic heterocycles. The van der Waals surface area contributed by atoms with Crippen LogP contribution in [-0.2, 0) is 0 Å². The van der Waals surface area contributed by atoms with Crippen LogP contribution in [-0.4, -0.2) is 0 Å². The third-order valence-electron chi connectivity index (χ3n) is 4.26. The predicted octanol–water partition coefficient (Wildman–Crippen LogP) is 6.38. The van der Waals surface area contributed by atoms with Crippen LogP contribution < -0.4 is 0 Å². The van der Waals surface area contributed by atoms with Gasteiger partial charge in [-0.2, -0.15) is 0 Å². The summed E-state index contributed by atoms with van der Waals surface area (Å²) in [7, 11) is 0. The fraction of sp³-hybridized carbons (Fsp3) is 0.143. The third-order valence-corrected chi connectivity index (χ3v) is 4.26. The van der Waals surface area contributed by atoms with Gasteiger partial charge in [-0.05, 0) is 40.8 Å². The second-order valence-corrected chi connectivity index (χ2v) is 6.09. The van der Waals surface area contributed by atoms with Crippen LogP contribution in [0.1, 0.15) is 25.3 Å². The third kappa shape index (κ3) is 2.10. The zero-order valence-electron chi connectivity index (χ0n) is 12.8. The van der Waals surface area contributed by atoms with Crippen LogP contribution in [0.15, 0.2) is 71.1 Å². The van der Waals surface area contributed by atoms with Crippen molar-refractivity contribution in [1.82, 2.24) is 0 Å². The van der Waals surface area contributed by atoms with Gasteiger partial charge in [-0.15, -0.1) is 0 Å². The fourth-order valence-electron chi connectivity index (χ4n) is 2.98. The highest BCUT2D eigenvalue weighted by Gasteiger charge is 2.08. The van der Waals surface area contributed by atoms with Gasteiger partial charge in [0.25, 0.3) is 0 Å². The quantitative estimate of drug-likeness (QED) is 0.417. The van der Waals surface area contributed by atoms with E-state index in [-0.39, 0.29) is 0 Å². The summed E-state index contributed by atoms with van der Waals surface area (Å²) in [5, 5.41) is 2.36. The molecular weight excluding hydrogens is 268 g/mol. The molecule has 0 bridgehead atoms. The molecule has 0 atom stereocenters. The molecule has 108 valence electrons. The van der Waals surface area contributed by atoms with Crippen LogP contribution in [0.5, 0.6) is 0 Å². The van der Waals surface area contributed by atoms with E-state index in [2.05, 4.69) is 68.4 Å². The average Bonchev–Trinajstić information content (AvgIpc) is 2.92. The number of hydrogen-bond acceptors (Lipinski definition) is 1. The highest BCUT2D eigenvalue weighted by atomic mass is 16.3. The largest absolute Gasteiger partial charge is 0.456 e. The van der Waals surface area contributed by atoms with Gasteiger partial charge < -0.3 is 4.42 Å². The molecule has 1 heteroatoms. The van der Waals surface area contributed by atoms with Crippen molar-refractivity contribution in [3.05, 3.63) is 72.3 Å². The van der Waals surface area contributed by atoms with Crippen LogP contribution in [0.25, 0.3) is 33.1 Å². The SMILES string of the molecule is CC(C)c1cccc(-c2ccc3oc4ccccc4c3c2)c1. The zero-order chi connectivity index (χ0) is 15.1. The van der Waals surface area contributed by atoms with E-state index in [0.717, 1.165) is 11.2 Å². The summed E-state index contributed by atoms with van der Waals surface area (Å²) >= 11 is 0. The van der Waals surface area contributed by atoms with Gasteiger partial charge in [0.2, 0.25) is 0 Å². The van der Waals surface area contributed by atoms with Crippen molar-refractivity contribution in [3.8, 4) is 11.1 Å². The number of para-hydroxylation sites is 1. The van der Waals surface area contributed by atoms with E-state index in [1.165, 1.54) is 27.5 Å². The first kappa shape index (κ1) is 13.1. The van der Waals surface area contributed by atoms with Gasteiger partial charge >= 0.3 is 0 Å². The van der Waals surface area contributed by atoms with Crippen molar-refractivity contribution in [3.63, 3.8) is 0 Å². The predicted molar refractivity (Wildman–Crippen MR) is 93.2 cm³/mol. The maximum absolute atomic E-state index is 5.91. The summed E-state index contributed by atoms with van der Waals surface area (Å²) in [5.41, 5.74) is 5.77. The van der Waals surface area contributed by atoms with E-state index in [1.54, 1.807) is 0 Å². The van der Waals surface area contributed by atoms with Gasteiger partial charge in [0.1, 0.15) is 11.2 Å². The van der Waals surface area contributed by atoms with Crippen LogP contribution in [0, 0.1) is 0 Å². The van der Waals surface area contributed by atoms with Gasteiger partial charge in [0, 0.05) is 10.8 Å². The first-order valence-electron chi connectivity index (χ1n) is 7.74. The average molecular weight is 286 g/mol. The van der Waals surface area contributed by atoms with Crippen LogP contribution in [0.3, 0.4) is 0 Å². The first-order chi connectivity index (χ1) is 10.7. The smallest absolute Gasteiger partial charge is 0.135 e. The number of benzene rings is 3. The van der Waals surface area contributed by atoms with Crippen molar-refractivity contribution in [2.75, 3.05) is 0 Å². The lowest BCUT2D eigenvalue weighted by molar-refractivity contribution is 0.669. The molecule has 22 heavy (non-hydrogen) atoms. The van der Waals surface area contributed by atoms with E-state index in [9.17, 15) is 0 Å². The summed E-state index contributed by atoms with van der Waals surface area (Å²) in [4.78, 5) is 0. The molecule has 0 unspecified atom stereocenters. The molecule has 0 aliphatic carbocycles. The minimum absolute atomic E-state index is 0.540. The number of furan rings is 1. The van der Waals surface area contributed by atoms with Crippen molar-refractivity contribution < 1.29 is 4.42 Å². The number of hydrogen-bond donors (Lipinski definition) is 0. The van der Waals surface area contributed by atoms with Gasteiger partial charge in [-0.3, -0.25) is 0 Å². The monoisotopic (exact) mass is 286 g/mol. The highest BCUT2D eigenvalue weighted by molar-refractivity contribution is 6.06. The topological polar surface area (TPSA) is 13.1 Å². The van der Waals surface area contributed by atoms with Crippen molar-refractivity contribution in [1.29, 1.82) is 0 Å². The van der Waals surface area contributed by atoms with Gasteiger partial charge in [0.15, 0.2) is 0 Å². The second kappa shape index (κ2) is 5.03. The Hall–Kier alpha value is -2.54. The molecule has 0 radical (unpaired) electrons. The van der Waals surface area contributed by atoms with Crippen LogP contribution >= 0.6 is 0 Å². The van der Waals surface area contributed by atoms with E-state index >= 15 is 0 Å². The van der Waals surface area contributed by atoms with Crippen molar-refractivity contribution >= 4 is 21.9 Å². The molecule has 0 saturated heterocycles. The molecule has 1 heterocycles. The summed E-state index contributed by atoms with van der Waals surface area (Å²) < 4.78 is 5.91. The molecule has 0 fully saturated rings. The van der Waals surface area contributed by atoms with Crippen LogP contribution in [0.4, 0.5) is 0 Å². The summed E-state index contributed by atoms with van der Waals surface area (Å²) in [6, 6.07) is 23.5. The lowest BCUT2D eigenvalue weighted by atomic mass is 9.96. The maximum Gasteiger partial charge on any atom is 0.135 e. The molecule has 0 N–H and O–H groups in total. The lowest BCUT2D eigenvalue weighted by Crippen LogP contribution is -1.87. The number of rotatable bonds is 2. The maximum atomic E-state index is 5.91. The Kier molecular flexibility index (Phi) is 3.00. The summed E-state index contributed by atoms with van der Waals surface area (Å²) in [6.07, 6.45) is 0. The first-order valence-corrected chi connectivity index (χ1v) is 7.74. The molecule has 4 aromatic rings. The zero-order valence-corrected chi connectivity index (χ0v) is 12.8.